The van der Waals surface area contributed by atoms with Crippen LogP contribution in [0.15, 0.2) is 152 Å². The standard InChI is InChI=1S/C45H47NO7/c47-41-26-39(27-42(48)46-41)43(51-30-36-20-10-3-11-21-36)45(53-32-38-24-14-5-15-25-38)44(52-31-37-22-12-4-13-23-37)40(50-29-35-18-8-2-9-19-35)33-49-28-34-16-6-1-7-17-34/h1-25,39-40,43-45H,26-33H2,(H,46,47,48). The Morgan fingerprint density at radius 3 is 1.25 bits per heavy atom. The van der Waals surface area contributed by atoms with Crippen molar-refractivity contribution in [2.75, 3.05) is 6.61 Å². The third kappa shape index (κ3) is 12.0. The van der Waals surface area contributed by atoms with Crippen LogP contribution in [0.25, 0.3) is 0 Å². The van der Waals surface area contributed by atoms with Crippen molar-refractivity contribution < 1.29 is 33.3 Å². The normalized spacial score (nSPS) is 15.7. The zero-order valence-corrected chi connectivity index (χ0v) is 29.8. The Balaban J connectivity index is 1.39. The summed E-state index contributed by atoms with van der Waals surface area (Å²) >= 11 is 0. The Bertz CT molecular complexity index is 1780. The number of imide groups is 1. The minimum absolute atomic E-state index is 0.0991. The molecule has 53 heavy (non-hydrogen) atoms. The molecule has 8 nitrogen and oxygen atoms in total. The van der Waals surface area contributed by atoms with Gasteiger partial charge in [-0.3, -0.25) is 14.9 Å². The molecule has 6 rings (SSSR count). The van der Waals surface area contributed by atoms with Crippen molar-refractivity contribution in [1.82, 2.24) is 5.32 Å². The second kappa shape index (κ2) is 20.3. The predicted molar refractivity (Wildman–Crippen MR) is 202 cm³/mol. The highest BCUT2D eigenvalue weighted by molar-refractivity contribution is 5.97. The SMILES string of the molecule is O=C1CC(C(OCc2ccccc2)C(OCc2ccccc2)C(OCc2ccccc2)C(COCc2ccccc2)OCc2ccccc2)CC(=O)N1. The van der Waals surface area contributed by atoms with Crippen LogP contribution in [0.2, 0.25) is 0 Å². The molecule has 8 heteroatoms. The van der Waals surface area contributed by atoms with Crippen molar-refractivity contribution in [3.05, 3.63) is 179 Å². The Morgan fingerprint density at radius 1 is 0.453 bits per heavy atom. The molecule has 1 fully saturated rings. The summed E-state index contributed by atoms with van der Waals surface area (Å²) in [5.74, 6) is -1.17. The quantitative estimate of drug-likeness (QED) is 0.0831. The average Bonchev–Trinajstić information content (AvgIpc) is 3.20. The molecule has 5 aromatic carbocycles. The number of rotatable bonds is 20. The van der Waals surface area contributed by atoms with Crippen molar-refractivity contribution in [3.63, 3.8) is 0 Å². The summed E-state index contributed by atoms with van der Waals surface area (Å²) < 4.78 is 33.8. The van der Waals surface area contributed by atoms with Gasteiger partial charge in [0.05, 0.1) is 45.7 Å². The lowest BCUT2D eigenvalue weighted by molar-refractivity contribution is -0.210. The third-order valence-corrected chi connectivity index (χ3v) is 9.21. The molecule has 1 N–H and O–H groups in total. The highest BCUT2D eigenvalue weighted by atomic mass is 16.6. The minimum Gasteiger partial charge on any atom is -0.374 e. The first kappa shape index (κ1) is 37.8. The number of nitrogens with one attached hydrogen (secondary N) is 1. The lowest BCUT2D eigenvalue weighted by Gasteiger charge is -2.41. The summed E-state index contributed by atoms with van der Waals surface area (Å²) in [6.45, 7) is 1.60. The molecule has 274 valence electrons. The number of ether oxygens (including phenoxy) is 5. The van der Waals surface area contributed by atoms with E-state index in [2.05, 4.69) is 5.32 Å². The number of piperidine rings is 1. The molecule has 1 heterocycles. The molecule has 0 aromatic heterocycles. The fourth-order valence-electron chi connectivity index (χ4n) is 6.51. The second-order valence-electron chi connectivity index (χ2n) is 13.3. The fourth-order valence-corrected chi connectivity index (χ4v) is 6.51. The predicted octanol–water partition coefficient (Wildman–Crippen LogP) is 7.60. The molecule has 1 saturated heterocycles. The lowest BCUT2D eigenvalue weighted by atomic mass is 9.85. The van der Waals surface area contributed by atoms with E-state index in [1.807, 2.05) is 152 Å². The van der Waals surface area contributed by atoms with Crippen LogP contribution >= 0.6 is 0 Å². The van der Waals surface area contributed by atoms with E-state index in [4.69, 9.17) is 23.7 Å². The van der Waals surface area contributed by atoms with Crippen LogP contribution in [0, 0.1) is 5.92 Å². The van der Waals surface area contributed by atoms with Crippen LogP contribution in [-0.4, -0.2) is 42.8 Å². The van der Waals surface area contributed by atoms with Crippen molar-refractivity contribution >= 4 is 11.8 Å². The molecule has 5 aromatic rings. The highest BCUT2D eigenvalue weighted by Crippen LogP contribution is 2.31. The summed E-state index contributed by atoms with van der Waals surface area (Å²) in [6.07, 6.45) is -2.71. The topological polar surface area (TPSA) is 92.3 Å². The van der Waals surface area contributed by atoms with Gasteiger partial charge in [-0.05, 0) is 27.8 Å². The summed E-state index contributed by atoms with van der Waals surface area (Å²) in [5.41, 5.74) is 4.91. The molecule has 1 aliphatic heterocycles. The van der Waals surface area contributed by atoms with Gasteiger partial charge in [0.1, 0.15) is 18.3 Å². The first-order chi connectivity index (χ1) is 26.1. The van der Waals surface area contributed by atoms with E-state index in [1.165, 1.54) is 0 Å². The molecule has 0 spiro atoms. The molecule has 0 radical (unpaired) electrons. The minimum atomic E-state index is -0.785. The zero-order chi connectivity index (χ0) is 36.5. The van der Waals surface area contributed by atoms with Gasteiger partial charge >= 0.3 is 0 Å². The van der Waals surface area contributed by atoms with Gasteiger partial charge in [0, 0.05) is 18.8 Å². The Morgan fingerprint density at radius 2 is 0.811 bits per heavy atom. The molecule has 0 bridgehead atoms. The van der Waals surface area contributed by atoms with Crippen LogP contribution in [-0.2, 0) is 66.3 Å². The van der Waals surface area contributed by atoms with E-state index in [9.17, 15) is 9.59 Å². The Kier molecular flexibility index (Phi) is 14.5. The fraction of sp³-hybridized carbons (Fsp3) is 0.289. The maximum atomic E-state index is 12.9. The van der Waals surface area contributed by atoms with E-state index in [0.29, 0.717) is 13.2 Å². The molecule has 1 aliphatic rings. The molecule has 2 amide bonds. The van der Waals surface area contributed by atoms with Crippen LogP contribution in [0.4, 0.5) is 0 Å². The molecular formula is C45H47NO7. The van der Waals surface area contributed by atoms with Crippen molar-refractivity contribution in [2.24, 2.45) is 5.92 Å². The zero-order valence-electron chi connectivity index (χ0n) is 29.8. The van der Waals surface area contributed by atoms with E-state index >= 15 is 0 Å². The first-order valence-corrected chi connectivity index (χ1v) is 18.2. The maximum absolute atomic E-state index is 12.9. The van der Waals surface area contributed by atoms with E-state index in [-0.39, 0.29) is 51.1 Å². The van der Waals surface area contributed by atoms with Crippen molar-refractivity contribution in [1.29, 1.82) is 0 Å². The van der Waals surface area contributed by atoms with Gasteiger partial charge < -0.3 is 23.7 Å². The summed E-state index contributed by atoms with van der Waals surface area (Å²) in [4.78, 5) is 25.8. The monoisotopic (exact) mass is 713 g/mol. The summed E-state index contributed by atoms with van der Waals surface area (Å²) in [7, 11) is 0. The Labute approximate surface area is 312 Å². The number of hydrogen-bond donors (Lipinski definition) is 1. The smallest absolute Gasteiger partial charge is 0.226 e. The Hall–Kier alpha value is -4.96. The average molecular weight is 714 g/mol. The first-order valence-electron chi connectivity index (χ1n) is 18.2. The largest absolute Gasteiger partial charge is 0.374 e. The molecule has 4 atom stereocenters. The molecule has 4 unspecified atom stereocenters. The van der Waals surface area contributed by atoms with Gasteiger partial charge in [0.15, 0.2) is 0 Å². The number of carbonyl (C=O) groups excluding carboxylic acids is 2. The summed E-state index contributed by atoms with van der Waals surface area (Å²) in [6, 6.07) is 49.6. The number of hydrogen-bond acceptors (Lipinski definition) is 7. The van der Waals surface area contributed by atoms with Gasteiger partial charge in [0.2, 0.25) is 11.8 Å². The number of benzene rings is 5. The lowest BCUT2D eigenvalue weighted by Crippen LogP contribution is -2.55. The van der Waals surface area contributed by atoms with Crippen molar-refractivity contribution in [2.45, 2.75) is 70.3 Å². The maximum Gasteiger partial charge on any atom is 0.226 e. The van der Waals surface area contributed by atoms with Gasteiger partial charge in [-0.15, -0.1) is 0 Å². The van der Waals surface area contributed by atoms with Crippen LogP contribution in [0.3, 0.4) is 0 Å². The molecule has 0 aliphatic carbocycles. The van der Waals surface area contributed by atoms with E-state index in [0.717, 1.165) is 27.8 Å². The van der Waals surface area contributed by atoms with E-state index in [1.54, 1.807) is 0 Å². The number of carbonyl (C=O) groups is 2. The molecular weight excluding hydrogens is 666 g/mol. The third-order valence-electron chi connectivity index (χ3n) is 9.21. The highest BCUT2D eigenvalue weighted by Gasteiger charge is 2.44. The van der Waals surface area contributed by atoms with Crippen LogP contribution < -0.4 is 5.32 Å². The van der Waals surface area contributed by atoms with E-state index < -0.39 is 30.3 Å². The second-order valence-corrected chi connectivity index (χ2v) is 13.3. The number of amides is 2. The van der Waals surface area contributed by atoms with Gasteiger partial charge in [-0.1, -0.05) is 152 Å². The van der Waals surface area contributed by atoms with Crippen LogP contribution in [0.1, 0.15) is 40.7 Å². The summed E-state index contributed by atoms with van der Waals surface area (Å²) in [5, 5.41) is 2.47. The van der Waals surface area contributed by atoms with Crippen LogP contribution in [0.5, 0.6) is 0 Å². The molecule has 0 saturated carbocycles. The van der Waals surface area contributed by atoms with Gasteiger partial charge in [-0.2, -0.15) is 0 Å². The van der Waals surface area contributed by atoms with Gasteiger partial charge in [-0.25, -0.2) is 0 Å². The van der Waals surface area contributed by atoms with Gasteiger partial charge in [0.25, 0.3) is 0 Å². The van der Waals surface area contributed by atoms with Crippen molar-refractivity contribution in [3.8, 4) is 0 Å².